The Morgan fingerprint density at radius 2 is 2.22 bits per heavy atom. The lowest BCUT2D eigenvalue weighted by atomic mass is 10.1. The van der Waals surface area contributed by atoms with Crippen LogP contribution in [0.1, 0.15) is 39.9 Å². The van der Waals surface area contributed by atoms with Crippen LogP contribution in [0.15, 0.2) is 16.5 Å². The van der Waals surface area contributed by atoms with Crippen LogP contribution in [0, 0.1) is 19.8 Å². The fraction of sp³-hybridized carbons (Fsp3) is 0.562. The molecule has 6 nitrogen and oxygen atoms in total. The Morgan fingerprint density at radius 1 is 1.35 bits per heavy atom. The molecule has 7 heteroatoms. The van der Waals surface area contributed by atoms with Gasteiger partial charge >= 0.3 is 0 Å². The molecule has 1 saturated heterocycles. The number of rotatable bonds is 3. The zero-order chi connectivity index (χ0) is 16.0. The molecule has 23 heavy (non-hydrogen) atoms. The number of carbonyl (C=O) groups excluding carboxylic acids is 1. The number of aryl methyl sites for hydroxylation is 2. The summed E-state index contributed by atoms with van der Waals surface area (Å²) in [6, 6.07) is 4.01. The second-order valence-corrected chi connectivity index (χ2v) is 7.50. The van der Waals surface area contributed by atoms with Crippen LogP contribution in [0.4, 0.5) is 0 Å². The smallest absolute Gasteiger partial charge is 0.241 e. The lowest BCUT2D eigenvalue weighted by molar-refractivity contribution is -0.142. The van der Waals surface area contributed by atoms with Gasteiger partial charge < -0.3 is 14.1 Å². The number of carbonyl (C=O) groups is 1. The average Bonchev–Trinajstić information content (AvgIpc) is 3.05. The Labute approximate surface area is 138 Å². The molecule has 3 atom stereocenters. The van der Waals surface area contributed by atoms with Gasteiger partial charge in [0.1, 0.15) is 6.04 Å². The van der Waals surface area contributed by atoms with Gasteiger partial charge in [0.05, 0.1) is 13.2 Å². The first-order chi connectivity index (χ1) is 11.1. The van der Waals surface area contributed by atoms with E-state index in [2.05, 4.69) is 29.3 Å². The topological polar surface area (TPSA) is 68.5 Å². The predicted octanol–water partition coefficient (Wildman–Crippen LogP) is 2.45. The maximum absolute atomic E-state index is 12.9. The normalized spacial score (nSPS) is 27.2. The fourth-order valence-corrected chi connectivity index (χ4v) is 4.22. The van der Waals surface area contributed by atoms with Crippen LogP contribution in [0.2, 0.25) is 0 Å². The van der Waals surface area contributed by atoms with Crippen molar-refractivity contribution in [2.75, 3.05) is 19.8 Å². The summed E-state index contributed by atoms with van der Waals surface area (Å²) in [5.74, 6) is 1.62. The van der Waals surface area contributed by atoms with Gasteiger partial charge in [-0.25, -0.2) is 0 Å². The summed E-state index contributed by atoms with van der Waals surface area (Å²) in [4.78, 5) is 17.4. The minimum absolute atomic E-state index is 0.0812. The number of ether oxygens (including phenoxy) is 1. The molecule has 0 unspecified atom stereocenters. The molecular formula is C16H19N3O3S. The van der Waals surface area contributed by atoms with Gasteiger partial charge in [-0.3, -0.25) is 4.79 Å². The molecule has 1 aliphatic heterocycles. The van der Waals surface area contributed by atoms with Crippen molar-refractivity contribution in [2.24, 2.45) is 5.92 Å². The summed E-state index contributed by atoms with van der Waals surface area (Å²) in [5, 5.41) is 7.95. The van der Waals surface area contributed by atoms with E-state index in [1.54, 1.807) is 18.3 Å². The van der Waals surface area contributed by atoms with Crippen molar-refractivity contribution in [2.45, 2.75) is 32.2 Å². The van der Waals surface area contributed by atoms with Gasteiger partial charge in [-0.15, -0.1) is 21.5 Å². The summed E-state index contributed by atoms with van der Waals surface area (Å²) in [7, 11) is 0. The van der Waals surface area contributed by atoms with E-state index in [1.165, 1.54) is 9.75 Å². The molecule has 0 bridgehead atoms. The molecule has 0 N–H and O–H groups in total. The van der Waals surface area contributed by atoms with Crippen molar-refractivity contribution >= 4 is 17.2 Å². The maximum Gasteiger partial charge on any atom is 0.241 e. The molecule has 2 aromatic heterocycles. The summed E-state index contributed by atoms with van der Waals surface area (Å²) in [5.41, 5.74) is 0. The standard InChI is InChI=1S/C16H19N3O3S/c1-9-3-4-14(23-9)11-7-12(11)16(20)19-5-6-21-8-13(19)15-18-17-10(2)22-15/h3-4,11-13H,5-8H2,1-2H3/t11-,12-,13+/m1/s1. The van der Waals surface area contributed by atoms with Crippen molar-refractivity contribution < 1.29 is 13.9 Å². The lowest BCUT2D eigenvalue weighted by Crippen LogP contribution is -2.44. The minimum atomic E-state index is -0.260. The molecule has 1 aliphatic carbocycles. The summed E-state index contributed by atoms with van der Waals surface area (Å²) in [6.07, 6.45) is 0.936. The summed E-state index contributed by atoms with van der Waals surface area (Å²) >= 11 is 1.79. The number of hydrogen-bond donors (Lipinski definition) is 0. The molecule has 0 spiro atoms. The Kier molecular flexibility index (Phi) is 3.69. The average molecular weight is 333 g/mol. The van der Waals surface area contributed by atoms with Gasteiger partial charge in [-0.05, 0) is 25.5 Å². The Hall–Kier alpha value is -1.73. The van der Waals surface area contributed by atoms with Crippen LogP contribution >= 0.6 is 11.3 Å². The summed E-state index contributed by atoms with van der Waals surface area (Å²) in [6.45, 7) is 5.41. The first kappa shape index (κ1) is 14.8. The molecule has 3 heterocycles. The molecule has 4 rings (SSSR count). The number of nitrogens with zero attached hydrogens (tertiary/aromatic N) is 3. The van der Waals surface area contributed by atoms with Crippen molar-refractivity contribution in [3.8, 4) is 0 Å². The number of thiophene rings is 1. The first-order valence-electron chi connectivity index (χ1n) is 7.88. The third-order valence-electron chi connectivity index (χ3n) is 4.47. The Morgan fingerprint density at radius 3 is 2.91 bits per heavy atom. The van der Waals surface area contributed by atoms with E-state index in [9.17, 15) is 4.79 Å². The zero-order valence-electron chi connectivity index (χ0n) is 13.2. The van der Waals surface area contributed by atoms with E-state index >= 15 is 0 Å². The van der Waals surface area contributed by atoms with E-state index in [1.807, 2.05) is 4.90 Å². The zero-order valence-corrected chi connectivity index (χ0v) is 14.0. The van der Waals surface area contributed by atoms with Gasteiger partial charge in [0, 0.05) is 35.1 Å². The van der Waals surface area contributed by atoms with Crippen molar-refractivity contribution in [3.05, 3.63) is 33.7 Å². The molecule has 0 aromatic carbocycles. The third kappa shape index (κ3) is 2.79. The van der Waals surface area contributed by atoms with Crippen LogP contribution in [-0.2, 0) is 9.53 Å². The number of morpholine rings is 1. The lowest BCUT2D eigenvalue weighted by Gasteiger charge is -2.33. The molecule has 1 amide bonds. The van der Waals surface area contributed by atoms with Gasteiger partial charge in [0.25, 0.3) is 0 Å². The summed E-state index contributed by atoms with van der Waals surface area (Å²) < 4.78 is 11.0. The number of amides is 1. The highest BCUT2D eigenvalue weighted by Gasteiger charge is 2.48. The third-order valence-corrected chi connectivity index (χ3v) is 5.61. The molecule has 0 radical (unpaired) electrons. The number of hydrogen-bond acceptors (Lipinski definition) is 6. The van der Waals surface area contributed by atoms with Crippen LogP contribution in [0.5, 0.6) is 0 Å². The molecular weight excluding hydrogens is 314 g/mol. The van der Waals surface area contributed by atoms with E-state index < -0.39 is 0 Å². The van der Waals surface area contributed by atoms with Gasteiger partial charge in [-0.1, -0.05) is 0 Å². The quantitative estimate of drug-likeness (QED) is 0.863. The SMILES string of the molecule is Cc1nnc([C@@H]2COCCN2C(=O)[C@@H]2C[C@H]2c2ccc(C)s2)o1. The van der Waals surface area contributed by atoms with Gasteiger partial charge in [-0.2, -0.15) is 0 Å². The van der Waals surface area contributed by atoms with E-state index in [0.717, 1.165) is 6.42 Å². The maximum atomic E-state index is 12.9. The minimum Gasteiger partial charge on any atom is -0.423 e. The van der Waals surface area contributed by atoms with E-state index in [4.69, 9.17) is 9.15 Å². The molecule has 2 fully saturated rings. The van der Waals surface area contributed by atoms with Crippen molar-refractivity contribution in [3.63, 3.8) is 0 Å². The first-order valence-corrected chi connectivity index (χ1v) is 8.69. The van der Waals surface area contributed by atoms with Gasteiger partial charge in [0.2, 0.25) is 17.7 Å². The molecule has 2 aromatic rings. The largest absolute Gasteiger partial charge is 0.423 e. The molecule has 1 saturated carbocycles. The number of aromatic nitrogens is 2. The molecule has 122 valence electrons. The second-order valence-electron chi connectivity index (χ2n) is 6.18. The van der Waals surface area contributed by atoms with Crippen LogP contribution in [-0.4, -0.2) is 40.8 Å². The van der Waals surface area contributed by atoms with Crippen molar-refractivity contribution in [1.82, 2.24) is 15.1 Å². The Bertz CT molecular complexity index is 726. The Balaban J connectivity index is 1.50. The van der Waals surface area contributed by atoms with Crippen LogP contribution in [0.25, 0.3) is 0 Å². The van der Waals surface area contributed by atoms with E-state index in [0.29, 0.717) is 37.5 Å². The van der Waals surface area contributed by atoms with Crippen molar-refractivity contribution in [1.29, 1.82) is 0 Å². The van der Waals surface area contributed by atoms with Crippen LogP contribution < -0.4 is 0 Å². The molecule has 2 aliphatic rings. The van der Waals surface area contributed by atoms with Crippen LogP contribution in [0.3, 0.4) is 0 Å². The highest BCUT2D eigenvalue weighted by molar-refractivity contribution is 7.12. The monoisotopic (exact) mass is 333 g/mol. The van der Waals surface area contributed by atoms with Gasteiger partial charge in [0.15, 0.2) is 0 Å². The highest BCUT2D eigenvalue weighted by Crippen LogP contribution is 2.51. The fourth-order valence-electron chi connectivity index (χ4n) is 3.17. The predicted molar refractivity (Wildman–Crippen MR) is 84.2 cm³/mol. The highest BCUT2D eigenvalue weighted by atomic mass is 32.1. The second kappa shape index (κ2) is 5.72. The van der Waals surface area contributed by atoms with E-state index in [-0.39, 0.29) is 17.9 Å².